The summed E-state index contributed by atoms with van der Waals surface area (Å²) in [5.74, 6) is 0.0982. The molecule has 0 saturated carbocycles. The van der Waals surface area contributed by atoms with Crippen LogP contribution in [-0.4, -0.2) is 24.0 Å². The quantitative estimate of drug-likeness (QED) is 0.660. The number of hydrogen-bond donors (Lipinski definition) is 2. The zero-order chi connectivity index (χ0) is 11.9. The van der Waals surface area contributed by atoms with E-state index in [1.807, 2.05) is 13.0 Å². The van der Waals surface area contributed by atoms with E-state index in [9.17, 15) is 4.79 Å². The van der Waals surface area contributed by atoms with Crippen molar-refractivity contribution < 1.29 is 4.79 Å². The van der Waals surface area contributed by atoms with E-state index in [0.29, 0.717) is 6.42 Å². The summed E-state index contributed by atoms with van der Waals surface area (Å²) in [6.07, 6.45) is 3.16. The van der Waals surface area contributed by atoms with Crippen molar-refractivity contribution in [1.29, 1.82) is 0 Å². The van der Waals surface area contributed by atoms with Gasteiger partial charge in [0.25, 0.3) is 0 Å². The fourth-order valence-electron chi connectivity index (χ4n) is 1.21. The number of amides is 1. The summed E-state index contributed by atoms with van der Waals surface area (Å²) in [5, 5.41) is 6.19. The van der Waals surface area contributed by atoms with Crippen molar-refractivity contribution in [3.8, 4) is 0 Å². The van der Waals surface area contributed by atoms with Gasteiger partial charge in [0.15, 0.2) is 0 Å². The van der Waals surface area contributed by atoms with Crippen LogP contribution in [0.5, 0.6) is 0 Å². The second kappa shape index (κ2) is 6.62. The van der Waals surface area contributed by atoms with Crippen LogP contribution < -0.4 is 10.6 Å². The molecular weight excluding hydrogens is 188 g/mol. The highest BCUT2D eigenvalue weighted by molar-refractivity contribution is 5.76. The molecule has 0 bridgehead atoms. The van der Waals surface area contributed by atoms with Crippen molar-refractivity contribution in [2.45, 2.75) is 52.1 Å². The lowest BCUT2D eigenvalue weighted by Gasteiger charge is -2.20. The fourth-order valence-corrected chi connectivity index (χ4v) is 1.21. The molecule has 0 fully saturated rings. The molecule has 1 amide bonds. The van der Waals surface area contributed by atoms with E-state index in [-0.39, 0.29) is 17.5 Å². The van der Waals surface area contributed by atoms with Gasteiger partial charge >= 0.3 is 0 Å². The molecule has 3 heteroatoms. The molecule has 0 aromatic carbocycles. The van der Waals surface area contributed by atoms with Crippen LogP contribution in [0.3, 0.4) is 0 Å². The number of hydrogen-bond acceptors (Lipinski definition) is 2. The Morgan fingerprint density at radius 1 is 1.47 bits per heavy atom. The van der Waals surface area contributed by atoms with Crippen LogP contribution in [0.2, 0.25) is 0 Å². The Balaban J connectivity index is 3.62. The molecule has 0 aromatic heterocycles. The Morgan fingerprint density at radius 2 is 2.07 bits per heavy atom. The first kappa shape index (κ1) is 14.2. The summed E-state index contributed by atoms with van der Waals surface area (Å²) in [4.78, 5) is 11.4. The van der Waals surface area contributed by atoms with Crippen LogP contribution in [-0.2, 0) is 4.79 Å². The van der Waals surface area contributed by atoms with Gasteiger partial charge in [0.2, 0.25) is 5.91 Å². The largest absolute Gasteiger partial charge is 0.353 e. The van der Waals surface area contributed by atoms with Gasteiger partial charge in [-0.15, -0.1) is 6.58 Å². The van der Waals surface area contributed by atoms with Gasteiger partial charge in [0.05, 0.1) is 0 Å². The summed E-state index contributed by atoms with van der Waals surface area (Å²) in [5.41, 5.74) is 0.0764. The first-order chi connectivity index (χ1) is 6.85. The zero-order valence-electron chi connectivity index (χ0n) is 10.4. The van der Waals surface area contributed by atoms with E-state index < -0.39 is 0 Å². The highest BCUT2D eigenvalue weighted by Gasteiger charge is 2.10. The third-order valence-corrected chi connectivity index (χ3v) is 1.93. The van der Waals surface area contributed by atoms with Crippen LogP contribution in [0.15, 0.2) is 12.7 Å². The number of carbonyl (C=O) groups excluding carboxylic acids is 1. The molecule has 15 heavy (non-hydrogen) atoms. The molecule has 0 rings (SSSR count). The number of nitrogens with one attached hydrogen (secondary N) is 2. The van der Waals surface area contributed by atoms with E-state index in [0.717, 1.165) is 13.0 Å². The first-order valence-corrected chi connectivity index (χ1v) is 5.50. The normalized spacial score (nSPS) is 13.3. The van der Waals surface area contributed by atoms with Gasteiger partial charge in [0, 0.05) is 24.5 Å². The molecular formula is C12H24N2O. The van der Waals surface area contributed by atoms with Crippen molar-refractivity contribution in [3.05, 3.63) is 12.7 Å². The number of carbonyl (C=O) groups is 1. The maximum absolute atomic E-state index is 11.4. The first-order valence-electron chi connectivity index (χ1n) is 5.50. The van der Waals surface area contributed by atoms with E-state index in [1.165, 1.54) is 0 Å². The van der Waals surface area contributed by atoms with E-state index >= 15 is 0 Å². The molecule has 0 radical (unpaired) electrons. The molecule has 0 saturated heterocycles. The van der Waals surface area contributed by atoms with E-state index in [4.69, 9.17) is 0 Å². The minimum absolute atomic E-state index is 0.0764. The smallest absolute Gasteiger partial charge is 0.221 e. The van der Waals surface area contributed by atoms with Crippen molar-refractivity contribution in [2.75, 3.05) is 6.54 Å². The van der Waals surface area contributed by atoms with Crippen LogP contribution in [0.1, 0.15) is 40.5 Å². The van der Waals surface area contributed by atoms with E-state index in [1.54, 1.807) is 0 Å². The Labute approximate surface area is 93.3 Å². The lowest BCUT2D eigenvalue weighted by Crippen LogP contribution is -2.39. The van der Waals surface area contributed by atoms with Crippen LogP contribution in [0.25, 0.3) is 0 Å². The lowest BCUT2D eigenvalue weighted by atomic mass is 10.1. The van der Waals surface area contributed by atoms with Crippen molar-refractivity contribution >= 4 is 5.91 Å². The van der Waals surface area contributed by atoms with Gasteiger partial charge < -0.3 is 10.6 Å². The third kappa shape index (κ3) is 9.47. The van der Waals surface area contributed by atoms with Gasteiger partial charge in [0.1, 0.15) is 0 Å². The van der Waals surface area contributed by atoms with Gasteiger partial charge in [-0.1, -0.05) is 6.08 Å². The lowest BCUT2D eigenvalue weighted by molar-refractivity contribution is -0.121. The molecule has 0 aliphatic carbocycles. The highest BCUT2D eigenvalue weighted by Crippen LogP contribution is 1.98. The molecule has 1 unspecified atom stereocenters. The van der Waals surface area contributed by atoms with Gasteiger partial charge in [-0.2, -0.15) is 0 Å². The van der Waals surface area contributed by atoms with Crippen LogP contribution >= 0.6 is 0 Å². The van der Waals surface area contributed by atoms with Gasteiger partial charge in [-0.3, -0.25) is 4.79 Å². The molecule has 0 aliphatic heterocycles. The molecule has 2 N–H and O–H groups in total. The molecule has 1 atom stereocenters. The standard InChI is InChI=1S/C12H24N2O/c1-6-7-10(2)14-11(15)8-9-13-12(3,4)5/h6,10,13H,1,7-9H2,2-5H3,(H,14,15). The Morgan fingerprint density at radius 3 is 2.53 bits per heavy atom. The third-order valence-electron chi connectivity index (χ3n) is 1.93. The summed E-state index contributed by atoms with van der Waals surface area (Å²) >= 11 is 0. The second-order valence-corrected chi connectivity index (χ2v) is 4.92. The monoisotopic (exact) mass is 212 g/mol. The summed E-state index contributed by atoms with van der Waals surface area (Å²) in [6.45, 7) is 12.6. The summed E-state index contributed by atoms with van der Waals surface area (Å²) < 4.78 is 0. The molecule has 88 valence electrons. The van der Waals surface area contributed by atoms with Crippen molar-refractivity contribution in [3.63, 3.8) is 0 Å². The average molecular weight is 212 g/mol. The molecule has 0 heterocycles. The SMILES string of the molecule is C=CCC(C)NC(=O)CCNC(C)(C)C. The second-order valence-electron chi connectivity index (χ2n) is 4.92. The predicted molar refractivity (Wildman–Crippen MR) is 64.8 cm³/mol. The minimum Gasteiger partial charge on any atom is -0.353 e. The Bertz CT molecular complexity index is 206. The minimum atomic E-state index is 0.0764. The summed E-state index contributed by atoms with van der Waals surface area (Å²) in [6, 6.07) is 0.185. The average Bonchev–Trinajstić information content (AvgIpc) is 2.01. The van der Waals surface area contributed by atoms with Crippen molar-refractivity contribution in [1.82, 2.24) is 10.6 Å². The van der Waals surface area contributed by atoms with Crippen molar-refractivity contribution in [2.24, 2.45) is 0 Å². The Kier molecular flexibility index (Phi) is 6.25. The topological polar surface area (TPSA) is 41.1 Å². The van der Waals surface area contributed by atoms with Crippen LogP contribution in [0.4, 0.5) is 0 Å². The molecule has 0 spiro atoms. The number of rotatable bonds is 6. The molecule has 0 aliphatic rings. The maximum Gasteiger partial charge on any atom is 0.221 e. The van der Waals surface area contributed by atoms with Crippen LogP contribution in [0, 0.1) is 0 Å². The maximum atomic E-state index is 11.4. The summed E-state index contributed by atoms with van der Waals surface area (Å²) in [7, 11) is 0. The Hall–Kier alpha value is -0.830. The molecule has 3 nitrogen and oxygen atoms in total. The van der Waals surface area contributed by atoms with Gasteiger partial charge in [-0.05, 0) is 34.1 Å². The fraction of sp³-hybridized carbons (Fsp3) is 0.750. The predicted octanol–water partition coefficient (Wildman–Crippen LogP) is 1.85. The van der Waals surface area contributed by atoms with E-state index in [2.05, 4.69) is 38.0 Å². The van der Waals surface area contributed by atoms with Gasteiger partial charge in [-0.25, -0.2) is 0 Å². The molecule has 0 aromatic rings. The highest BCUT2D eigenvalue weighted by atomic mass is 16.1. The zero-order valence-corrected chi connectivity index (χ0v) is 10.4.